The van der Waals surface area contributed by atoms with E-state index in [2.05, 4.69) is 12.2 Å². The van der Waals surface area contributed by atoms with Gasteiger partial charge in [0.15, 0.2) is 0 Å². The highest BCUT2D eigenvalue weighted by atomic mass is 16.5. The summed E-state index contributed by atoms with van der Waals surface area (Å²) in [5, 5.41) is 10.2. The molecule has 2 rings (SSSR count). The normalized spacial score (nSPS) is 20.8. The van der Waals surface area contributed by atoms with Gasteiger partial charge in [0.2, 0.25) is 0 Å². The minimum absolute atomic E-state index is 0.179. The van der Waals surface area contributed by atoms with Crippen molar-refractivity contribution in [3.05, 3.63) is 54.1 Å². The number of hydrogen-bond acceptors (Lipinski definition) is 2. The third kappa shape index (κ3) is 2.34. The molecule has 0 fully saturated rings. The molecule has 0 spiro atoms. The molecule has 1 N–H and O–H groups in total. The van der Waals surface area contributed by atoms with Gasteiger partial charge in [0, 0.05) is 5.92 Å². The average Bonchev–Trinajstić information content (AvgIpc) is 2.39. The number of methoxy groups -OCH3 is 1. The van der Waals surface area contributed by atoms with Crippen molar-refractivity contribution in [1.29, 1.82) is 0 Å². The Morgan fingerprint density at radius 2 is 2.00 bits per heavy atom. The van der Waals surface area contributed by atoms with E-state index in [-0.39, 0.29) is 5.92 Å². The van der Waals surface area contributed by atoms with E-state index in [1.165, 1.54) is 0 Å². The Hall–Kier alpha value is -1.54. The SMILES string of the molecule is COc1ccc([C@H](O)[C@@H]2C=CC=CC2)cc1. The van der Waals surface area contributed by atoms with Crippen LogP contribution in [-0.4, -0.2) is 12.2 Å². The van der Waals surface area contributed by atoms with Crippen LogP contribution in [0.25, 0.3) is 0 Å². The summed E-state index contributed by atoms with van der Waals surface area (Å²) in [5.74, 6) is 0.994. The summed E-state index contributed by atoms with van der Waals surface area (Å²) in [7, 11) is 1.64. The third-order valence-corrected chi connectivity index (χ3v) is 2.88. The highest BCUT2D eigenvalue weighted by Crippen LogP contribution is 2.28. The van der Waals surface area contributed by atoms with Crippen molar-refractivity contribution in [3.8, 4) is 5.75 Å². The largest absolute Gasteiger partial charge is 0.497 e. The van der Waals surface area contributed by atoms with Crippen molar-refractivity contribution in [2.75, 3.05) is 7.11 Å². The Kier molecular flexibility index (Phi) is 3.42. The van der Waals surface area contributed by atoms with Gasteiger partial charge >= 0.3 is 0 Å². The van der Waals surface area contributed by atoms with Crippen LogP contribution in [0.3, 0.4) is 0 Å². The van der Waals surface area contributed by atoms with Crippen molar-refractivity contribution >= 4 is 0 Å². The molecule has 0 bridgehead atoms. The summed E-state index contributed by atoms with van der Waals surface area (Å²) < 4.78 is 5.09. The zero-order valence-electron chi connectivity index (χ0n) is 9.34. The van der Waals surface area contributed by atoms with E-state index in [1.807, 2.05) is 36.4 Å². The van der Waals surface area contributed by atoms with Gasteiger partial charge in [0.25, 0.3) is 0 Å². The smallest absolute Gasteiger partial charge is 0.118 e. The molecule has 84 valence electrons. The van der Waals surface area contributed by atoms with Gasteiger partial charge in [-0.1, -0.05) is 36.4 Å². The van der Waals surface area contributed by atoms with E-state index in [9.17, 15) is 5.11 Å². The maximum Gasteiger partial charge on any atom is 0.118 e. The van der Waals surface area contributed by atoms with Gasteiger partial charge < -0.3 is 9.84 Å². The maximum absolute atomic E-state index is 10.2. The lowest BCUT2D eigenvalue weighted by Gasteiger charge is -2.20. The minimum atomic E-state index is -0.438. The van der Waals surface area contributed by atoms with Crippen LogP contribution in [0.5, 0.6) is 5.75 Å². The molecule has 0 amide bonds. The predicted octanol–water partition coefficient (Wildman–Crippen LogP) is 2.86. The Morgan fingerprint density at radius 1 is 1.25 bits per heavy atom. The van der Waals surface area contributed by atoms with E-state index < -0.39 is 6.10 Å². The Labute approximate surface area is 95.9 Å². The first-order valence-electron chi connectivity index (χ1n) is 5.46. The number of ether oxygens (including phenoxy) is 1. The Bertz CT molecular complexity index is 390. The summed E-state index contributed by atoms with van der Waals surface area (Å²) >= 11 is 0. The average molecular weight is 216 g/mol. The van der Waals surface area contributed by atoms with Crippen LogP contribution >= 0.6 is 0 Å². The number of rotatable bonds is 3. The van der Waals surface area contributed by atoms with Crippen LogP contribution in [-0.2, 0) is 0 Å². The van der Waals surface area contributed by atoms with Crippen LogP contribution in [0, 0.1) is 5.92 Å². The Morgan fingerprint density at radius 3 is 2.56 bits per heavy atom. The molecule has 0 aliphatic heterocycles. The summed E-state index contributed by atoms with van der Waals surface area (Å²) in [6.07, 6.45) is 8.58. The van der Waals surface area contributed by atoms with Gasteiger partial charge in [-0.05, 0) is 24.1 Å². The fourth-order valence-electron chi connectivity index (χ4n) is 1.88. The first-order chi connectivity index (χ1) is 7.81. The molecule has 2 heteroatoms. The molecule has 1 aromatic rings. The highest BCUT2D eigenvalue weighted by molar-refractivity contribution is 5.29. The van der Waals surface area contributed by atoms with E-state index >= 15 is 0 Å². The first kappa shape index (κ1) is 11.0. The molecule has 0 heterocycles. The van der Waals surface area contributed by atoms with Crippen molar-refractivity contribution < 1.29 is 9.84 Å². The van der Waals surface area contributed by atoms with Gasteiger partial charge in [0.05, 0.1) is 13.2 Å². The second kappa shape index (κ2) is 4.99. The van der Waals surface area contributed by atoms with Crippen molar-refractivity contribution in [2.45, 2.75) is 12.5 Å². The molecule has 16 heavy (non-hydrogen) atoms. The second-order valence-electron chi connectivity index (χ2n) is 3.93. The lowest BCUT2D eigenvalue weighted by Crippen LogP contribution is -2.10. The fourth-order valence-corrected chi connectivity index (χ4v) is 1.88. The third-order valence-electron chi connectivity index (χ3n) is 2.88. The summed E-state index contributed by atoms with van der Waals surface area (Å²) in [6, 6.07) is 7.58. The molecule has 1 aliphatic carbocycles. The minimum Gasteiger partial charge on any atom is -0.497 e. The molecule has 1 aliphatic rings. The fraction of sp³-hybridized carbons (Fsp3) is 0.286. The van der Waals surface area contributed by atoms with E-state index in [0.717, 1.165) is 17.7 Å². The van der Waals surface area contributed by atoms with Gasteiger partial charge in [-0.3, -0.25) is 0 Å². The Balaban J connectivity index is 2.10. The predicted molar refractivity (Wildman–Crippen MR) is 64.3 cm³/mol. The van der Waals surface area contributed by atoms with E-state index in [4.69, 9.17) is 4.74 Å². The topological polar surface area (TPSA) is 29.5 Å². The number of hydrogen-bond donors (Lipinski definition) is 1. The van der Waals surface area contributed by atoms with Crippen LogP contribution in [0.4, 0.5) is 0 Å². The van der Waals surface area contributed by atoms with Gasteiger partial charge in [-0.25, -0.2) is 0 Å². The van der Waals surface area contributed by atoms with Crippen molar-refractivity contribution in [2.24, 2.45) is 5.92 Å². The van der Waals surface area contributed by atoms with Crippen molar-refractivity contribution in [1.82, 2.24) is 0 Å². The molecule has 0 unspecified atom stereocenters. The first-order valence-corrected chi connectivity index (χ1v) is 5.46. The lowest BCUT2D eigenvalue weighted by atomic mass is 9.90. The molecule has 1 aromatic carbocycles. The zero-order valence-corrected chi connectivity index (χ0v) is 9.34. The van der Waals surface area contributed by atoms with Gasteiger partial charge in [-0.2, -0.15) is 0 Å². The van der Waals surface area contributed by atoms with E-state index in [0.29, 0.717) is 0 Å². The van der Waals surface area contributed by atoms with Crippen LogP contribution in [0.15, 0.2) is 48.6 Å². The molecular formula is C14H16O2. The van der Waals surface area contributed by atoms with Gasteiger partial charge in [-0.15, -0.1) is 0 Å². The molecule has 0 radical (unpaired) electrons. The standard InChI is InChI=1S/C14H16O2/c1-16-13-9-7-12(8-10-13)14(15)11-5-3-2-4-6-11/h2-5,7-11,14-15H,6H2,1H3/t11-,14-/m1/s1. The maximum atomic E-state index is 10.2. The molecule has 0 saturated carbocycles. The molecule has 2 atom stereocenters. The number of aliphatic hydroxyl groups is 1. The van der Waals surface area contributed by atoms with Crippen LogP contribution in [0.2, 0.25) is 0 Å². The van der Waals surface area contributed by atoms with Gasteiger partial charge in [0.1, 0.15) is 5.75 Å². The highest BCUT2D eigenvalue weighted by Gasteiger charge is 2.18. The number of allylic oxidation sites excluding steroid dienone is 3. The summed E-state index contributed by atoms with van der Waals surface area (Å²) in [6.45, 7) is 0. The summed E-state index contributed by atoms with van der Waals surface area (Å²) in [4.78, 5) is 0. The molecular weight excluding hydrogens is 200 g/mol. The zero-order chi connectivity index (χ0) is 11.4. The second-order valence-corrected chi connectivity index (χ2v) is 3.93. The molecule has 0 aromatic heterocycles. The quantitative estimate of drug-likeness (QED) is 0.841. The molecule has 0 saturated heterocycles. The summed E-state index contributed by atoms with van der Waals surface area (Å²) in [5.41, 5.74) is 0.936. The number of benzene rings is 1. The monoisotopic (exact) mass is 216 g/mol. The number of aliphatic hydroxyl groups excluding tert-OH is 1. The van der Waals surface area contributed by atoms with Crippen LogP contribution in [0.1, 0.15) is 18.1 Å². The van der Waals surface area contributed by atoms with Crippen molar-refractivity contribution in [3.63, 3.8) is 0 Å². The van der Waals surface area contributed by atoms with E-state index in [1.54, 1.807) is 7.11 Å². The van der Waals surface area contributed by atoms with Crippen LogP contribution < -0.4 is 4.74 Å². The lowest BCUT2D eigenvalue weighted by molar-refractivity contribution is 0.132. The molecule has 2 nitrogen and oxygen atoms in total.